The maximum atomic E-state index is 13.0. The number of halogens is 1. The maximum absolute atomic E-state index is 13.0. The lowest BCUT2D eigenvalue weighted by Crippen LogP contribution is -2.24. The quantitative estimate of drug-likeness (QED) is 0.557. The number of aromatic nitrogens is 2. The van der Waals surface area contributed by atoms with E-state index in [-0.39, 0.29) is 11.9 Å². The first-order valence-corrected chi connectivity index (χ1v) is 8.23. The number of hydrogen-bond acceptors (Lipinski definition) is 3. The molecule has 1 atom stereocenters. The first-order valence-electron chi connectivity index (χ1n) is 8.23. The Kier molecular flexibility index (Phi) is 5.49. The van der Waals surface area contributed by atoms with E-state index in [1.165, 1.54) is 18.3 Å². The lowest BCUT2D eigenvalue weighted by Gasteiger charge is -2.14. The molecule has 0 aliphatic heterocycles. The lowest BCUT2D eigenvalue weighted by atomic mass is 10.0. The third kappa shape index (κ3) is 4.60. The number of hydrogen-bond donors (Lipinski definition) is 1. The molecule has 1 N–H and O–H groups in total. The number of pyridine rings is 2. The van der Waals surface area contributed by atoms with Gasteiger partial charge in [-0.3, -0.25) is 9.78 Å². The van der Waals surface area contributed by atoms with Crippen molar-refractivity contribution in [1.29, 1.82) is 0 Å². The predicted octanol–water partition coefficient (Wildman–Crippen LogP) is 4.17. The van der Waals surface area contributed by atoms with Gasteiger partial charge in [-0.25, -0.2) is 4.98 Å². The number of nitrogens with zero attached hydrogens (tertiary/aromatic N) is 2. The monoisotopic (exact) mass is 347 g/mol. The minimum Gasteiger partial charge on any atom is -0.346 e. The third-order valence-electron chi connectivity index (χ3n) is 3.90. The molecule has 130 valence electrons. The summed E-state index contributed by atoms with van der Waals surface area (Å²) in [5.74, 6) is -0.706. The second-order valence-electron chi connectivity index (χ2n) is 5.81. The summed E-state index contributed by atoms with van der Waals surface area (Å²) in [6.45, 7) is 1.91. The van der Waals surface area contributed by atoms with Gasteiger partial charge in [0.05, 0.1) is 11.7 Å². The molecule has 0 radical (unpaired) electrons. The summed E-state index contributed by atoms with van der Waals surface area (Å²) in [5, 5.41) is 2.93. The highest BCUT2D eigenvalue weighted by Gasteiger charge is 2.09. The zero-order valence-corrected chi connectivity index (χ0v) is 14.3. The van der Waals surface area contributed by atoms with Gasteiger partial charge in [-0.15, -0.1) is 0 Å². The molecule has 0 fully saturated rings. The molecular formula is C21H18FN3O. The van der Waals surface area contributed by atoms with Crippen molar-refractivity contribution < 1.29 is 9.18 Å². The van der Waals surface area contributed by atoms with Gasteiger partial charge in [0.15, 0.2) is 0 Å². The van der Waals surface area contributed by atoms with Crippen LogP contribution in [-0.2, 0) is 4.79 Å². The average Bonchev–Trinajstić information content (AvgIpc) is 2.68. The van der Waals surface area contributed by atoms with Crippen molar-refractivity contribution in [3.05, 3.63) is 90.3 Å². The minimum atomic E-state index is -0.509. The molecule has 3 rings (SSSR count). The van der Waals surface area contributed by atoms with E-state index < -0.39 is 5.95 Å². The summed E-state index contributed by atoms with van der Waals surface area (Å²) < 4.78 is 13.0. The van der Waals surface area contributed by atoms with Crippen LogP contribution in [-0.4, -0.2) is 15.9 Å². The van der Waals surface area contributed by atoms with Gasteiger partial charge in [0, 0.05) is 24.0 Å². The molecule has 26 heavy (non-hydrogen) atoms. The molecular weight excluding hydrogens is 329 g/mol. The van der Waals surface area contributed by atoms with E-state index in [9.17, 15) is 9.18 Å². The Morgan fingerprint density at radius 2 is 1.96 bits per heavy atom. The van der Waals surface area contributed by atoms with Crippen molar-refractivity contribution in [2.45, 2.75) is 13.0 Å². The molecule has 3 aromatic rings. The third-order valence-corrected chi connectivity index (χ3v) is 3.90. The summed E-state index contributed by atoms with van der Waals surface area (Å²) in [4.78, 5) is 19.9. The molecule has 1 unspecified atom stereocenters. The standard InChI is InChI=1S/C21H18FN3O/c1-15(25-21(26)11-9-19-7-2-3-12-23-19)16-5-4-6-17(13-16)18-8-10-20(22)24-14-18/h2-15H,1H3,(H,25,26). The second-order valence-corrected chi connectivity index (χ2v) is 5.81. The highest BCUT2D eigenvalue weighted by molar-refractivity contribution is 5.91. The Hall–Kier alpha value is -3.34. The smallest absolute Gasteiger partial charge is 0.244 e. The van der Waals surface area contributed by atoms with Gasteiger partial charge < -0.3 is 5.32 Å². The normalized spacial score (nSPS) is 12.1. The van der Waals surface area contributed by atoms with E-state index in [1.54, 1.807) is 18.3 Å². The van der Waals surface area contributed by atoms with Gasteiger partial charge in [-0.2, -0.15) is 4.39 Å². The first kappa shape index (κ1) is 17.5. The van der Waals surface area contributed by atoms with E-state index >= 15 is 0 Å². The first-order chi connectivity index (χ1) is 12.6. The van der Waals surface area contributed by atoms with Crippen LogP contribution in [0.15, 0.2) is 73.1 Å². The Bertz CT molecular complexity index is 908. The molecule has 2 aromatic heterocycles. The second kappa shape index (κ2) is 8.16. The number of carbonyl (C=O) groups is 1. The van der Waals surface area contributed by atoms with Crippen LogP contribution in [0.25, 0.3) is 17.2 Å². The van der Waals surface area contributed by atoms with Crippen LogP contribution in [0.4, 0.5) is 4.39 Å². The average molecular weight is 347 g/mol. The minimum absolute atomic E-state index is 0.177. The molecule has 0 saturated carbocycles. The van der Waals surface area contributed by atoms with E-state index in [0.29, 0.717) is 0 Å². The Labute approximate surface area is 151 Å². The van der Waals surface area contributed by atoms with Crippen LogP contribution in [0.3, 0.4) is 0 Å². The number of nitrogens with one attached hydrogen (secondary N) is 1. The van der Waals surface area contributed by atoms with Gasteiger partial charge >= 0.3 is 0 Å². The Balaban J connectivity index is 1.69. The van der Waals surface area contributed by atoms with E-state index in [0.717, 1.165) is 22.4 Å². The fraction of sp³-hybridized carbons (Fsp3) is 0.0952. The molecule has 0 bridgehead atoms. The van der Waals surface area contributed by atoms with Crippen LogP contribution in [0.2, 0.25) is 0 Å². The van der Waals surface area contributed by atoms with Crippen molar-refractivity contribution in [3.63, 3.8) is 0 Å². The van der Waals surface area contributed by atoms with Crippen LogP contribution >= 0.6 is 0 Å². The fourth-order valence-corrected chi connectivity index (χ4v) is 2.51. The number of rotatable bonds is 5. The number of amides is 1. The van der Waals surface area contributed by atoms with E-state index in [1.807, 2.05) is 49.4 Å². The highest BCUT2D eigenvalue weighted by atomic mass is 19.1. The molecule has 2 heterocycles. The number of carbonyl (C=O) groups excluding carboxylic acids is 1. The predicted molar refractivity (Wildman–Crippen MR) is 99.5 cm³/mol. The van der Waals surface area contributed by atoms with Crippen LogP contribution in [0.1, 0.15) is 24.2 Å². The highest BCUT2D eigenvalue weighted by Crippen LogP contribution is 2.22. The maximum Gasteiger partial charge on any atom is 0.244 e. The summed E-state index contributed by atoms with van der Waals surface area (Å²) >= 11 is 0. The number of benzene rings is 1. The molecule has 1 amide bonds. The molecule has 0 saturated heterocycles. The molecule has 0 spiro atoms. The molecule has 5 heteroatoms. The zero-order chi connectivity index (χ0) is 18.4. The van der Waals surface area contributed by atoms with Crippen molar-refractivity contribution >= 4 is 12.0 Å². The van der Waals surface area contributed by atoms with Gasteiger partial charge in [-0.05, 0) is 54.5 Å². The molecule has 1 aromatic carbocycles. The van der Waals surface area contributed by atoms with Crippen LogP contribution in [0, 0.1) is 5.95 Å². The SMILES string of the molecule is CC(NC(=O)C=Cc1ccccn1)c1cccc(-c2ccc(F)nc2)c1. The van der Waals surface area contributed by atoms with Crippen LogP contribution < -0.4 is 5.32 Å². The Morgan fingerprint density at radius 1 is 1.08 bits per heavy atom. The van der Waals surface area contributed by atoms with Gasteiger partial charge in [0.25, 0.3) is 0 Å². The van der Waals surface area contributed by atoms with Crippen molar-refractivity contribution in [2.75, 3.05) is 0 Å². The van der Waals surface area contributed by atoms with Gasteiger partial charge in [-0.1, -0.05) is 24.3 Å². The largest absolute Gasteiger partial charge is 0.346 e. The van der Waals surface area contributed by atoms with Gasteiger partial charge in [0.2, 0.25) is 11.9 Å². The van der Waals surface area contributed by atoms with Crippen LogP contribution in [0.5, 0.6) is 0 Å². The van der Waals surface area contributed by atoms with Crippen molar-refractivity contribution in [2.24, 2.45) is 0 Å². The van der Waals surface area contributed by atoms with E-state index in [2.05, 4.69) is 15.3 Å². The summed E-state index contributed by atoms with van der Waals surface area (Å²) in [6, 6.07) is 16.1. The lowest BCUT2D eigenvalue weighted by molar-refractivity contribution is -0.117. The molecule has 0 aliphatic rings. The summed E-state index contributed by atoms with van der Waals surface area (Å²) in [6.07, 6.45) is 6.30. The zero-order valence-electron chi connectivity index (χ0n) is 14.3. The van der Waals surface area contributed by atoms with Crippen molar-refractivity contribution in [1.82, 2.24) is 15.3 Å². The summed E-state index contributed by atoms with van der Waals surface area (Å²) in [5.41, 5.74) is 3.41. The summed E-state index contributed by atoms with van der Waals surface area (Å²) in [7, 11) is 0. The van der Waals surface area contributed by atoms with Crippen molar-refractivity contribution in [3.8, 4) is 11.1 Å². The Morgan fingerprint density at radius 3 is 2.69 bits per heavy atom. The fourth-order valence-electron chi connectivity index (χ4n) is 2.51. The van der Waals surface area contributed by atoms with Gasteiger partial charge in [0.1, 0.15) is 0 Å². The molecule has 4 nitrogen and oxygen atoms in total. The topological polar surface area (TPSA) is 54.9 Å². The van der Waals surface area contributed by atoms with E-state index in [4.69, 9.17) is 0 Å². The molecule has 0 aliphatic carbocycles.